The summed E-state index contributed by atoms with van der Waals surface area (Å²) < 4.78 is 4.98. The second kappa shape index (κ2) is 8.34. The molecule has 0 saturated carbocycles. The van der Waals surface area contributed by atoms with E-state index in [1.54, 1.807) is 13.0 Å². The minimum Gasteiger partial charge on any atom is -0.456 e. The summed E-state index contributed by atoms with van der Waals surface area (Å²) in [4.78, 5) is 37.5. The lowest BCUT2D eigenvalue weighted by Gasteiger charge is -2.07. The van der Waals surface area contributed by atoms with Crippen LogP contribution in [0.5, 0.6) is 0 Å². The summed E-state index contributed by atoms with van der Waals surface area (Å²) in [5.41, 5.74) is 2.54. The maximum Gasteiger partial charge on any atom is 0.306 e. The third-order valence-corrected chi connectivity index (χ3v) is 4.26. The summed E-state index contributed by atoms with van der Waals surface area (Å²) in [5.74, 6) is -1.15. The number of esters is 1. The molecule has 0 bridgehead atoms. The van der Waals surface area contributed by atoms with E-state index in [0.29, 0.717) is 12.0 Å². The van der Waals surface area contributed by atoms with Gasteiger partial charge in [0.2, 0.25) is 0 Å². The van der Waals surface area contributed by atoms with Gasteiger partial charge in [0, 0.05) is 29.6 Å². The molecule has 3 aromatic rings. The monoisotopic (exact) mass is 381 g/mol. The Labute approximate surface area is 160 Å². The summed E-state index contributed by atoms with van der Waals surface area (Å²) in [5, 5.41) is 14.5. The number of aryl methyl sites for hydroxylation is 2. The maximum atomic E-state index is 12.0. The number of aromatic nitrogens is 1. The van der Waals surface area contributed by atoms with Crippen molar-refractivity contribution in [2.45, 2.75) is 19.8 Å². The minimum atomic E-state index is -0.632. The van der Waals surface area contributed by atoms with Crippen LogP contribution in [0.3, 0.4) is 0 Å². The third-order valence-electron chi connectivity index (χ3n) is 4.26. The number of nitro groups is 1. The Balaban J connectivity index is 1.51. The molecule has 0 fully saturated rings. The van der Waals surface area contributed by atoms with E-state index in [1.165, 1.54) is 12.1 Å². The lowest BCUT2D eigenvalue weighted by Crippen LogP contribution is -2.21. The smallest absolute Gasteiger partial charge is 0.306 e. The number of nitro benzene ring substituents is 1. The molecule has 0 radical (unpaired) electrons. The van der Waals surface area contributed by atoms with Crippen molar-refractivity contribution in [1.82, 2.24) is 4.98 Å². The van der Waals surface area contributed by atoms with Crippen LogP contribution < -0.4 is 5.32 Å². The topological polar surface area (TPSA) is 114 Å². The van der Waals surface area contributed by atoms with Gasteiger partial charge in [0.15, 0.2) is 6.61 Å². The first-order valence-corrected chi connectivity index (χ1v) is 8.69. The van der Waals surface area contributed by atoms with Gasteiger partial charge < -0.3 is 15.0 Å². The molecule has 3 rings (SSSR count). The van der Waals surface area contributed by atoms with E-state index in [-0.39, 0.29) is 17.8 Å². The number of para-hydroxylation sites is 1. The predicted octanol–water partition coefficient (Wildman–Crippen LogP) is 3.50. The number of aromatic amines is 1. The van der Waals surface area contributed by atoms with Crippen molar-refractivity contribution in [2.24, 2.45) is 0 Å². The van der Waals surface area contributed by atoms with Crippen LogP contribution >= 0.6 is 0 Å². The lowest BCUT2D eigenvalue weighted by atomic mass is 10.1. The molecule has 1 aromatic heterocycles. The first kappa shape index (κ1) is 19.1. The molecule has 8 nitrogen and oxygen atoms in total. The second-order valence-corrected chi connectivity index (χ2v) is 6.35. The van der Waals surface area contributed by atoms with Crippen LogP contribution in [0.4, 0.5) is 11.4 Å². The largest absolute Gasteiger partial charge is 0.456 e. The first-order valence-electron chi connectivity index (χ1n) is 8.69. The number of hydrogen-bond donors (Lipinski definition) is 2. The van der Waals surface area contributed by atoms with E-state index in [4.69, 9.17) is 4.74 Å². The Morgan fingerprint density at radius 1 is 1.21 bits per heavy atom. The molecule has 0 atom stereocenters. The highest BCUT2D eigenvalue weighted by molar-refractivity contribution is 5.95. The van der Waals surface area contributed by atoms with E-state index >= 15 is 0 Å². The fourth-order valence-corrected chi connectivity index (χ4v) is 2.88. The summed E-state index contributed by atoms with van der Waals surface area (Å²) in [6.45, 7) is 1.21. The van der Waals surface area contributed by atoms with E-state index in [2.05, 4.69) is 10.3 Å². The molecule has 0 aliphatic carbocycles. The van der Waals surface area contributed by atoms with Crippen LogP contribution in [0.1, 0.15) is 17.5 Å². The van der Waals surface area contributed by atoms with Crippen molar-refractivity contribution < 1.29 is 19.2 Å². The summed E-state index contributed by atoms with van der Waals surface area (Å²) >= 11 is 0. The molecule has 0 aliphatic heterocycles. The van der Waals surface area contributed by atoms with Crippen molar-refractivity contribution in [1.29, 1.82) is 0 Å². The minimum absolute atomic E-state index is 0.0652. The van der Waals surface area contributed by atoms with Gasteiger partial charge >= 0.3 is 5.97 Å². The Bertz CT molecular complexity index is 1040. The fourth-order valence-electron chi connectivity index (χ4n) is 2.88. The van der Waals surface area contributed by atoms with E-state index in [0.717, 1.165) is 16.5 Å². The highest BCUT2D eigenvalue weighted by Gasteiger charge is 2.17. The molecule has 8 heteroatoms. The number of benzene rings is 2. The second-order valence-electron chi connectivity index (χ2n) is 6.35. The average Bonchev–Trinajstić information content (AvgIpc) is 3.09. The summed E-state index contributed by atoms with van der Waals surface area (Å²) in [7, 11) is 0. The number of fused-ring (bicyclic) bond motifs is 1. The maximum absolute atomic E-state index is 12.0. The zero-order chi connectivity index (χ0) is 20.1. The quantitative estimate of drug-likeness (QED) is 0.369. The average molecular weight is 381 g/mol. The lowest BCUT2D eigenvalue weighted by molar-refractivity contribution is -0.384. The molecule has 144 valence electrons. The Kier molecular flexibility index (Phi) is 5.69. The summed E-state index contributed by atoms with van der Waals surface area (Å²) in [6.07, 6.45) is 2.45. The number of nitrogens with zero attached hydrogens (tertiary/aromatic N) is 1. The molecule has 0 aliphatic rings. The highest BCUT2D eigenvalue weighted by atomic mass is 16.6. The fraction of sp³-hybridized carbons (Fsp3) is 0.200. The SMILES string of the molecule is Cc1ccc(NC(=O)COC(=O)CCc2c[nH]c3ccccc23)c([N+](=O)[O-])c1. The van der Waals surface area contributed by atoms with Crippen molar-refractivity contribution in [3.63, 3.8) is 0 Å². The molecule has 0 unspecified atom stereocenters. The molecular weight excluding hydrogens is 362 g/mol. The number of anilines is 1. The molecule has 2 aromatic carbocycles. The molecule has 0 saturated heterocycles. The molecule has 2 N–H and O–H groups in total. The zero-order valence-electron chi connectivity index (χ0n) is 15.2. The molecule has 1 heterocycles. The summed E-state index contributed by atoms with van der Waals surface area (Å²) in [6, 6.07) is 12.2. The Morgan fingerprint density at radius 3 is 2.79 bits per heavy atom. The number of H-pyrrole nitrogens is 1. The van der Waals surface area contributed by atoms with E-state index in [9.17, 15) is 19.7 Å². The third kappa shape index (κ3) is 4.53. The van der Waals surface area contributed by atoms with Crippen LogP contribution in [0, 0.1) is 17.0 Å². The standard InChI is InChI=1S/C20H19N3O5/c1-13-6-8-17(18(10-13)23(26)27)22-19(24)12-28-20(25)9-7-14-11-21-16-5-3-2-4-15(14)16/h2-6,8,10-11,21H,7,9,12H2,1H3,(H,22,24). The Morgan fingerprint density at radius 2 is 2.00 bits per heavy atom. The van der Waals surface area contributed by atoms with Crippen LogP contribution in [-0.2, 0) is 20.7 Å². The van der Waals surface area contributed by atoms with Crippen molar-refractivity contribution >= 4 is 34.2 Å². The van der Waals surface area contributed by atoms with Crippen LogP contribution in [0.15, 0.2) is 48.7 Å². The van der Waals surface area contributed by atoms with Gasteiger partial charge in [-0.05, 0) is 36.6 Å². The number of hydrogen-bond acceptors (Lipinski definition) is 5. The van der Waals surface area contributed by atoms with Gasteiger partial charge in [-0.15, -0.1) is 0 Å². The van der Waals surface area contributed by atoms with Crippen molar-refractivity contribution in [3.8, 4) is 0 Å². The van der Waals surface area contributed by atoms with Crippen LogP contribution in [0.2, 0.25) is 0 Å². The van der Waals surface area contributed by atoms with Crippen LogP contribution in [0.25, 0.3) is 10.9 Å². The van der Waals surface area contributed by atoms with E-state index in [1.807, 2.05) is 30.5 Å². The molecular formula is C20H19N3O5. The zero-order valence-corrected chi connectivity index (χ0v) is 15.2. The predicted molar refractivity (Wildman–Crippen MR) is 104 cm³/mol. The van der Waals surface area contributed by atoms with Gasteiger partial charge in [0.25, 0.3) is 11.6 Å². The van der Waals surface area contributed by atoms with Crippen molar-refractivity contribution in [3.05, 3.63) is 69.9 Å². The van der Waals surface area contributed by atoms with Crippen molar-refractivity contribution in [2.75, 3.05) is 11.9 Å². The Hall–Kier alpha value is -3.68. The van der Waals surface area contributed by atoms with E-state index < -0.39 is 23.4 Å². The number of nitrogens with one attached hydrogen (secondary N) is 2. The number of rotatable bonds is 7. The van der Waals surface area contributed by atoms with Crippen LogP contribution in [-0.4, -0.2) is 28.4 Å². The van der Waals surface area contributed by atoms with Gasteiger partial charge in [-0.25, -0.2) is 0 Å². The normalized spacial score (nSPS) is 10.6. The highest BCUT2D eigenvalue weighted by Crippen LogP contribution is 2.25. The first-order chi connectivity index (χ1) is 13.4. The van der Waals surface area contributed by atoms with Gasteiger partial charge in [-0.1, -0.05) is 24.3 Å². The number of carbonyl (C=O) groups excluding carboxylic acids is 2. The van der Waals surface area contributed by atoms with Gasteiger partial charge in [0.1, 0.15) is 5.69 Å². The molecule has 0 spiro atoms. The van der Waals surface area contributed by atoms with Gasteiger partial charge in [-0.3, -0.25) is 19.7 Å². The number of amides is 1. The number of carbonyl (C=O) groups is 2. The van der Waals surface area contributed by atoms with Gasteiger partial charge in [0.05, 0.1) is 4.92 Å². The molecule has 28 heavy (non-hydrogen) atoms. The number of ether oxygens (including phenoxy) is 1. The van der Waals surface area contributed by atoms with Gasteiger partial charge in [-0.2, -0.15) is 0 Å². The molecule has 1 amide bonds.